The first-order valence-corrected chi connectivity index (χ1v) is 14.3. The summed E-state index contributed by atoms with van der Waals surface area (Å²) in [7, 11) is 0. The minimum absolute atomic E-state index is 0.0295. The Labute approximate surface area is 218 Å². The van der Waals surface area contributed by atoms with Crippen molar-refractivity contribution in [2.45, 2.75) is 78.1 Å². The normalized spacial score (nSPS) is 17.2. The van der Waals surface area contributed by atoms with E-state index in [2.05, 4.69) is 34.3 Å². The summed E-state index contributed by atoms with van der Waals surface area (Å²) in [5, 5.41) is 6.16. The lowest BCUT2D eigenvalue weighted by Crippen LogP contribution is -2.38. The van der Waals surface area contributed by atoms with Crippen LogP contribution >= 0.6 is 0 Å². The van der Waals surface area contributed by atoms with Crippen molar-refractivity contribution in [3.05, 3.63) is 23.8 Å². The molecule has 2 fully saturated rings. The molecule has 2 aliphatic heterocycles. The first kappa shape index (κ1) is 28.5. The van der Waals surface area contributed by atoms with Gasteiger partial charge >= 0.3 is 0 Å². The maximum absolute atomic E-state index is 13.3. The van der Waals surface area contributed by atoms with Crippen LogP contribution in [-0.4, -0.2) is 69.2 Å². The zero-order valence-electron chi connectivity index (χ0n) is 22.7. The molecule has 2 saturated heterocycles. The van der Waals surface area contributed by atoms with E-state index in [1.807, 2.05) is 18.2 Å². The fourth-order valence-corrected chi connectivity index (χ4v) is 5.03. The number of nitrogens with one attached hydrogen (secondary N) is 2. The van der Waals surface area contributed by atoms with Crippen molar-refractivity contribution in [2.75, 3.05) is 62.7 Å². The molecule has 0 aromatic heterocycles. The van der Waals surface area contributed by atoms with E-state index in [1.165, 1.54) is 25.7 Å². The molecular weight excluding hydrogens is 452 g/mol. The second kappa shape index (κ2) is 15.9. The average molecular weight is 501 g/mol. The van der Waals surface area contributed by atoms with E-state index in [4.69, 9.17) is 4.74 Å². The Morgan fingerprint density at radius 3 is 2.44 bits per heavy atom. The second-order valence-electron chi connectivity index (χ2n) is 10.5. The van der Waals surface area contributed by atoms with Gasteiger partial charge in [0.15, 0.2) is 0 Å². The van der Waals surface area contributed by atoms with Crippen molar-refractivity contribution < 1.29 is 14.3 Å². The van der Waals surface area contributed by atoms with Crippen LogP contribution in [0.1, 0.15) is 88.4 Å². The fraction of sp³-hybridized carbons (Fsp3) is 0.724. The van der Waals surface area contributed by atoms with Gasteiger partial charge in [0.2, 0.25) is 5.91 Å². The van der Waals surface area contributed by atoms with Gasteiger partial charge < -0.3 is 20.3 Å². The fourth-order valence-electron chi connectivity index (χ4n) is 5.03. The molecule has 7 nitrogen and oxygen atoms in total. The van der Waals surface area contributed by atoms with Crippen molar-refractivity contribution >= 4 is 23.2 Å². The van der Waals surface area contributed by atoms with Crippen LogP contribution in [0.15, 0.2) is 18.2 Å². The van der Waals surface area contributed by atoms with Gasteiger partial charge in [0.05, 0.1) is 18.8 Å². The summed E-state index contributed by atoms with van der Waals surface area (Å²) in [6.45, 7) is 11.5. The Kier molecular flexibility index (Phi) is 12.5. The summed E-state index contributed by atoms with van der Waals surface area (Å²) in [5.41, 5.74) is 2.34. The van der Waals surface area contributed by atoms with Gasteiger partial charge in [-0.1, -0.05) is 46.0 Å². The van der Waals surface area contributed by atoms with Crippen LogP contribution < -0.4 is 15.5 Å². The third-order valence-corrected chi connectivity index (χ3v) is 7.45. The molecule has 0 atom stereocenters. The highest BCUT2D eigenvalue weighted by Gasteiger charge is 2.22. The molecule has 36 heavy (non-hydrogen) atoms. The number of rotatable bonds is 14. The smallest absolute Gasteiger partial charge is 0.253 e. The Morgan fingerprint density at radius 1 is 0.972 bits per heavy atom. The summed E-state index contributed by atoms with van der Waals surface area (Å²) in [5.74, 6) is 0.693. The van der Waals surface area contributed by atoms with E-state index in [1.54, 1.807) is 0 Å². The maximum Gasteiger partial charge on any atom is 0.253 e. The summed E-state index contributed by atoms with van der Waals surface area (Å²) in [6.07, 6.45) is 10.7. The van der Waals surface area contributed by atoms with Crippen LogP contribution in [0.4, 0.5) is 11.4 Å². The molecule has 0 unspecified atom stereocenters. The zero-order chi connectivity index (χ0) is 25.6. The van der Waals surface area contributed by atoms with E-state index in [9.17, 15) is 9.59 Å². The standard InChI is InChI=1S/C29H48N4O3/c1-3-4-5-6-7-8-10-28(34)31-25-11-12-27(33-17-13-24(2)14-18-33)26(23-25)29(35)30-15-9-16-32-19-21-36-22-20-32/h11-12,23-24H,3-10,13-22H2,1-2H3,(H,30,35)(H,31,34). The Balaban J connectivity index is 1.56. The molecule has 1 aromatic carbocycles. The second-order valence-corrected chi connectivity index (χ2v) is 10.5. The molecule has 2 N–H and O–H groups in total. The number of morpholine rings is 1. The minimum Gasteiger partial charge on any atom is -0.379 e. The third-order valence-electron chi connectivity index (χ3n) is 7.45. The Hall–Kier alpha value is -2.12. The highest BCUT2D eigenvalue weighted by atomic mass is 16.5. The van der Waals surface area contributed by atoms with E-state index in [-0.39, 0.29) is 11.8 Å². The van der Waals surface area contributed by atoms with Crippen LogP contribution in [0.2, 0.25) is 0 Å². The molecule has 1 aromatic rings. The summed E-state index contributed by atoms with van der Waals surface area (Å²) < 4.78 is 5.41. The van der Waals surface area contributed by atoms with Crippen molar-refractivity contribution in [2.24, 2.45) is 5.92 Å². The number of ether oxygens (including phenoxy) is 1. The van der Waals surface area contributed by atoms with Gasteiger partial charge in [-0.3, -0.25) is 14.5 Å². The molecule has 0 saturated carbocycles. The molecule has 0 bridgehead atoms. The Morgan fingerprint density at radius 2 is 1.69 bits per heavy atom. The average Bonchev–Trinajstić information content (AvgIpc) is 2.89. The van der Waals surface area contributed by atoms with E-state index in [0.717, 1.165) is 89.6 Å². The molecule has 0 aliphatic carbocycles. The van der Waals surface area contributed by atoms with Crippen LogP contribution in [-0.2, 0) is 9.53 Å². The van der Waals surface area contributed by atoms with Crippen molar-refractivity contribution in [1.82, 2.24) is 10.2 Å². The lowest BCUT2D eigenvalue weighted by atomic mass is 9.97. The molecular formula is C29H48N4O3. The molecule has 202 valence electrons. The number of hydrogen-bond acceptors (Lipinski definition) is 5. The maximum atomic E-state index is 13.3. The number of piperidine rings is 1. The van der Waals surface area contributed by atoms with Gasteiger partial charge in [-0.25, -0.2) is 0 Å². The van der Waals surface area contributed by atoms with E-state index in [0.29, 0.717) is 24.2 Å². The van der Waals surface area contributed by atoms with Crippen molar-refractivity contribution in [3.63, 3.8) is 0 Å². The summed E-state index contributed by atoms with van der Waals surface area (Å²) in [6, 6.07) is 5.82. The highest BCUT2D eigenvalue weighted by Crippen LogP contribution is 2.29. The lowest BCUT2D eigenvalue weighted by Gasteiger charge is -2.33. The molecule has 0 spiro atoms. The SMILES string of the molecule is CCCCCCCCC(=O)Nc1ccc(N2CCC(C)CC2)c(C(=O)NCCCN2CCOCC2)c1. The molecule has 7 heteroatoms. The number of amides is 2. The number of anilines is 2. The summed E-state index contributed by atoms with van der Waals surface area (Å²) >= 11 is 0. The number of carbonyl (C=O) groups is 2. The minimum atomic E-state index is -0.0578. The first-order valence-electron chi connectivity index (χ1n) is 14.3. The lowest BCUT2D eigenvalue weighted by molar-refractivity contribution is -0.116. The molecule has 0 radical (unpaired) electrons. The third kappa shape index (κ3) is 9.74. The monoisotopic (exact) mass is 500 g/mol. The largest absolute Gasteiger partial charge is 0.379 e. The predicted molar refractivity (Wildman–Crippen MR) is 148 cm³/mol. The number of unbranched alkanes of at least 4 members (excludes halogenated alkanes) is 5. The van der Waals surface area contributed by atoms with Crippen LogP contribution in [0.25, 0.3) is 0 Å². The predicted octanol–water partition coefficient (Wildman–Crippen LogP) is 5.06. The van der Waals surface area contributed by atoms with Crippen LogP contribution in [0.5, 0.6) is 0 Å². The quantitative estimate of drug-likeness (QED) is 0.349. The van der Waals surface area contributed by atoms with Gasteiger partial charge in [0.1, 0.15) is 0 Å². The highest BCUT2D eigenvalue weighted by molar-refractivity contribution is 6.02. The molecule has 3 rings (SSSR count). The van der Waals surface area contributed by atoms with Crippen LogP contribution in [0, 0.1) is 5.92 Å². The van der Waals surface area contributed by atoms with Crippen LogP contribution in [0.3, 0.4) is 0 Å². The van der Waals surface area contributed by atoms with Crippen molar-refractivity contribution in [3.8, 4) is 0 Å². The van der Waals surface area contributed by atoms with Gasteiger partial charge in [0.25, 0.3) is 5.91 Å². The van der Waals surface area contributed by atoms with Gasteiger partial charge in [0, 0.05) is 50.5 Å². The molecule has 2 heterocycles. The first-order chi connectivity index (χ1) is 17.6. The van der Waals surface area contributed by atoms with Gasteiger partial charge in [-0.2, -0.15) is 0 Å². The Bertz CT molecular complexity index is 802. The van der Waals surface area contributed by atoms with Crippen molar-refractivity contribution in [1.29, 1.82) is 0 Å². The van der Waals surface area contributed by atoms with Gasteiger partial charge in [-0.05, 0) is 56.3 Å². The number of benzene rings is 1. The number of nitrogens with zero attached hydrogens (tertiary/aromatic N) is 2. The van der Waals surface area contributed by atoms with E-state index < -0.39 is 0 Å². The summed E-state index contributed by atoms with van der Waals surface area (Å²) in [4.78, 5) is 30.5. The van der Waals surface area contributed by atoms with E-state index >= 15 is 0 Å². The topological polar surface area (TPSA) is 73.9 Å². The van der Waals surface area contributed by atoms with Gasteiger partial charge in [-0.15, -0.1) is 0 Å². The molecule has 2 amide bonds. The zero-order valence-corrected chi connectivity index (χ0v) is 22.7. The number of carbonyl (C=O) groups excluding carboxylic acids is 2. The molecule has 2 aliphatic rings. The number of hydrogen-bond donors (Lipinski definition) is 2.